The molecule has 2 aliphatic carbocycles. The summed E-state index contributed by atoms with van der Waals surface area (Å²) in [6.07, 6.45) is 3.25. The number of hydrogen-bond donors (Lipinski definition) is 0. The van der Waals surface area contributed by atoms with E-state index in [0.29, 0.717) is 31.8 Å². The van der Waals surface area contributed by atoms with Crippen LogP contribution in [0.4, 0.5) is 13.2 Å². The molecule has 0 unspecified atom stereocenters. The summed E-state index contributed by atoms with van der Waals surface area (Å²) in [5.41, 5.74) is -0.923. The highest BCUT2D eigenvalue weighted by Gasteiger charge is 2.48. The first kappa shape index (κ1) is 18.3. The summed E-state index contributed by atoms with van der Waals surface area (Å²) in [5, 5.41) is 3.63. The van der Waals surface area contributed by atoms with Crippen molar-refractivity contribution in [1.29, 1.82) is 0 Å². The number of piperidine rings is 1. The molecule has 3 fully saturated rings. The van der Waals surface area contributed by atoms with Crippen molar-refractivity contribution in [1.82, 2.24) is 14.1 Å². The first-order valence-corrected chi connectivity index (χ1v) is 10.9. The Hall–Kier alpha value is -1.09. The van der Waals surface area contributed by atoms with Crippen LogP contribution in [0.25, 0.3) is 0 Å². The highest BCUT2D eigenvalue weighted by molar-refractivity contribution is 7.89. The Morgan fingerprint density at radius 3 is 2.31 bits per heavy atom. The van der Waals surface area contributed by atoms with E-state index in [1.165, 1.54) is 15.2 Å². The molecular weight excluding hydrogens is 367 g/mol. The zero-order chi connectivity index (χ0) is 18.6. The molecule has 2 heterocycles. The fraction of sp³-hybridized carbons (Fsp3) is 0.824. The van der Waals surface area contributed by atoms with E-state index in [4.69, 9.17) is 0 Å². The standard InChI is InChI=1S/C17H24F3N3O2S/c18-17(19,20)15-5-10-23(21-15)14-3-8-22(9-4-14)26(24,25)12-16-6-1-13(11-16)2-7-16/h5,10,13-14H,1-4,6-9,11-12H2. The largest absolute Gasteiger partial charge is 0.435 e. The third-order valence-electron chi connectivity index (χ3n) is 6.47. The van der Waals surface area contributed by atoms with E-state index < -0.39 is 21.9 Å². The average molecular weight is 391 g/mol. The van der Waals surface area contributed by atoms with Crippen LogP contribution in [0.5, 0.6) is 0 Å². The van der Waals surface area contributed by atoms with Gasteiger partial charge < -0.3 is 0 Å². The van der Waals surface area contributed by atoms with Crippen molar-refractivity contribution >= 4 is 10.0 Å². The van der Waals surface area contributed by atoms with Crippen molar-refractivity contribution in [3.8, 4) is 0 Å². The normalized spacial score (nSPS) is 31.0. The van der Waals surface area contributed by atoms with Gasteiger partial charge in [-0.3, -0.25) is 4.68 Å². The Morgan fingerprint density at radius 1 is 1.15 bits per heavy atom. The maximum Gasteiger partial charge on any atom is 0.435 e. The van der Waals surface area contributed by atoms with Crippen LogP contribution in [0, 0.1) is 11.3 Å². The summed E-state index contributed by atoms with van der Waals surface area (Å²) < 4.78 is 66.7. The molecule has 0 atom stereocenters. The number of nitrogens with zero attached hydrogens (tertiary/aromatic N) is 3. The molecular formula is C17H24F3N3O2S. The highest BCUT2D eigenvalue weighted by Crippen LogP contribution is 2.54. The van der Waals surface area contributed by atoms with Crippen LogP contribution in [-0.4, -0.2) is 41.3 Å². The van der Waals surface area contributed by atoms with Crippen molar-refractivity contribution in [2.45, 2.75) is 57.2 Å². The number of aromatic nitrogens is 2. The molecule has 2 saturated carbocycles. The molecule has 5 nitrogen and oxygen atoms in total. The lowest BCUT2D eigenvalue weighted by Gasteiger charge is -2.34. The van der Waals surface area contributed by atoms with Crippen LogP contribution in [0.2, 0.25) is 0 Å². The third-order valence-corrected chi connectivity index (χ3v) is 8.59. The highest BCUT2D eigenvalue weighted by atomic mass is 32.2. The molecule has 0 aromatic carbocycles. The quantitative estimate of drug-likeness (QED) is 0.790. The van der Waals surface area contributed by atoms with Crippen molar-refractivity contribution < 1.29 is 21.6 Å². The Morgan fingerprint density at radius 2 is 1.81 bits per heavy atom. The minimum absolute atomic E-state index is 0.0239. The van der Waals surface area contributed by atoms with Crippen LogP contribution in [-0.2, 0) is 16.2 Å². The molecule has 0 N–H and O–H groups in total. The molecule has 0 radical (unpaired) electrons. The number of rotatable bonds is 4. The lowest BCUT2D eigenvalue weighted by Crippen LogP contribution is -2.43. The Labute approximate surface area is 151 Å². The minimum atomic E-state index is -4.45. The SMILES string of the molecule is O=S(=O)(CC12CCC(CC1)C2)N1CCC(n2ccc(C(F)(F)F)n2)CC1. The fourth-order valence-corrected chi connectivity index (χ4v) is 7.20. The Kier molecular flexibility index (Phi) is 4.38. The van der Waals surface area contributed by atoms with Crippen LogP contribution in [0.3, 0.4) is 0 Å². The maximum absolute atomic E-state index is 12.9. The van der Waals surface area contributed by atoms with Crippen LogP contribution in [0.1, 0.15) is 56.7 Å². The van der Waals surface area contributed by atoms with Crippen LogP contribution >= 0.6 is 0 Å². The molecule has 3 aliphatic rings. The van der Waals surface area contributed by atoms with Crippen LogP contribution in [0.15, 0.2) is 12.3 Å². The summed E-state index contributed by atoms with van der Waals surface area (Å²) in [5.74, 6) is 0.944. The molecule has 0 amide bonds. The van der Waals surface area contributed by atoms with E-state index in [1.54, 1.807) is 0 Å². The molecule has 1 aliphatic heterocycles. The van der Waals surface area contributed by atoms with Gasteiger partial charge in [0.05, 0.1) is 11.8 Å². The molecule has 2 bridgehead atoms. The molecule has 26 heavy (non-hydrogen) atoms. The van der Waals surface area contributed by atoms with E-state index in [-0.39, 0.29) is 17.2 Å². The number of fused-ring (bicyclic) bond motifs is 2. The molecule has 146 valence electrons. The van der Waals surface area contributed by atoms with Gasteiger partial charge in [0.25, 0.3) is 0 Å². The van der Waals surface area contributed by atoms with E-state index in [2.05, 4.69) is 5.10 Å². The molecule has 9 heteroatoms. The predicted octanol–water partition coefficient (Wildman–Crippen LogP) is 3.45. The molecule has 0 spiro atoms. The monoisotopic (exact) mass is 391 g/mol. The number of sulfonamides is 1. The van der Waals surface area contributed by atoms with E-state index >= 15 is 0 Å². The van der Waals surface area contributed by atoms with Gasteiger partial charge in [-0.25, -0.2) is 12.7 Å². The first-order valence-electron chi connectivity index (χ1n) is 9.27. The number of hydrogen-bond acceptors (Lipinski definition) is 3. The zero-order valence-corrected chi connectivity index (χ0v) is 15.4. The predicted molar refractivity (Wildman–Crippen MR) is 89.9 cm³/mol. The average Bonchev–Trinajstić information content (AvgIpc) is 3.29. The van der Waals surface area contributed by atoms with Crippen molar-refractivity contribution in [3.05, 3.63) is 18.0 Å². The zero-order valence-electron chi connectivity index (χ0n) is 14.6. The second kappa shape index (κ2) is 6.22. The molecule has 1 aromatic rings. The van der Waals surface area contributed by atoms with Crippen molar-refractivity contribution in [2.75, 3.05) is 18.8 Å². The van der Waals surface area contributed by atoms with Crippen LogP contribution < -0.4 is 0 Å². The lowest BCUT2D eigenvalue weighted by molar-refractivity contribution is -0.141. The topological polar surface area (TPSA) is 55.2 Å². The molecule has 4 rings (SSSR count). The van der Waals surface area contributed by atoms with Gasteiger partial charge in [-0.15, -0.1) is 0 Å². The van der Waals surface area contributed by atoms with Gasteiger partial charge in [0.2, 0.25) is 10.0 Å². The van der Waals surface area contributed by atoms with E-state index in [1.807, 2.05) is 0 Å². The van der Waals surface area contributed by atoms with Gasteiger partial charge >= 0.3 is 6.18 Å². The number of halogens is 3. The molecule has 1 saturated heterocycles. The van der Waals surface area contributed by atoms with E-state index in [0.717, 1.165) is 38.2 Å². The number of alkyl halides is 3. The summed E-state index contributed by atoms with van der Waals surface area (Å²) in [6.45, 7) is 0.710. The van der Waals surface area contributed by atoms with E-state index in [9.17, 15) is 21.6 Å². The Balaban J connectivity index is 1.38. The first-order chi connectivity index (χ1) is 12.2. The van der Waals surface area contributed by atoms with Crippen molar-refractivity contribution in [2.24, 2.45) is 11.3 Å². The summed E-state index contributed by atoms with van der Waals surface area (Å²) in [6, 6.07) is 0.789. The third kappa shape index (κ3) is 3.40. The smallest absolute Gasteiger partial charge is 0.269 e. The summed E-state index contributed by atoms with van der Waals surface area (Å²) in [4.78, 5) is 0. The van der Waals surface area contributed by atoms with Gasteiger partial charge in [0.15, 0.2) is 5.69 Å². The van der Waals surface area contributed by atoms with Crippen molar-refractivity contribution in [3.63, 3.8) is 0 Å². The molecule has 1 aromatic heterocycles. The maximum atomic E-state index is 12.9. The van der Waals surface area contributed by atoms with Gasteiger partial charge in [-0.1, -0.05) is 0 Å². The minimum Gasteiger partial charge on any atom is -0.269 e. The fourth-order valence-electron chi connectivity index (χ4n) is 5.07. The second-order valence-corrected chi connectivity index (χ2v) is 10.2. The Bertz CT molecular complexity index is 758. The van der Waals surface area contributed by atoms with Gasteiger partial charge in [0, 0.05) is 19.3 Å². The van der Waals surface area contributed by atoms with Gasteiger partial charge in [-0.05, 0) is 62.3 Å². The summed E-state index contributed by atoms with van der Waals surface area (Å²) >= 11 is 0. The summed E-state index contributed by atoms with van der Waals surface area (Å²) in [7, 11) is -3.31. The van der Waals surface area contributed by atoms with Gasteiger partial charge in [0.1, 0.15) is 0 Å². The second-order valence-electron chi connectivity index (χ2n) is 8.21. The van der Waals surface area contributed by atoms with Gasteiger partial charge in [-0.2, -0.15) is 18.3 Å². The lowest BCUT2D eigenvalue weighted by atomic mass is 9.87.